The van der Waals surface area contributed by atoms with Gasteiger partial charge in [-0.05, 0) is 24.3 Å². The molecule has 0 fully saturated rings. The van der Waals surface area contributed by atoms with Crippen molar-refractivity contribution in [3.05, 3.63) is 46.6 Å². The number of fused-ring (bicyclic) bond motifs is 1. The van der Waals surface area contributed by atoms with E-state index in [1.807, 2.05) is 0 Å². The normalized spacial score (nSPS) is 10.6. The zero-order valence-corrected chi connectivity index (χ0v) is 13.4. The van der Waals surface area contributed by atoms with Crippen LogP contribution in [0.2, 0.25) is 0 Å². The number of ether oxygens (including phenoxy) is 2. The van der Waals surface area contributed by atoms with Gasteiger partial charge < -0.3 is 24.1 Å². The number of aromatic hydroxyl groups is 2. The summed E-state index contributed by atoms with van der Waals surface area (Å²) >= 11 is 0. The molecule has 7 heteroatoms. The number of benzene rings is 2. The molecule has 0 aliphatic carbocycles. The molecule has 0 saturated heterocycles. The van der Waals surface area contributed by atoms with Crippen molar-refractivity contribution in [1.29, 1.82) is 0 Å². The van der Waals surface area contributed by atoms with Gasteiger partial charge in [0, 0.05) is 24.6 Å². The first kappa shape index (κ1) is 16.4. The number of hydrogen-bond acceptors (Lipinski definition) is 7. The Kier molecular flexibility index (Phi) is 4.06. The third-order valence-corrected chi connectivity index (χ3v) is 3.52. The molecular formula is C18H14O7. The largest absolute Gasteiger partial charge is 0.508 e. The number of carbonyl (C=O) groups is 1. The number of carbonyl (C=O) groups excluding carboxylic acids is 1. The Morgan fingerprint density at radius 2 is 1.80 bits per heavy atom. The average Bonchev–Trinajstić information content (AvgIpc) is 2.56. The van der Waals surface area contributed by atoms with E-state index in [-0.39, 0.29) is 28.2 Å². The zero-order valence-electron chi connectivity index (χ0n) is 13.4. The molecule has 2 aromatic carbocycles. The van der Waals surface area contributed by atoms with Crippen LogP contribution in [0.25, 0.3) is 22.3 Å². The summed E-state index contributed by atoms with van der Waals surface area (Å²) in [6.45, 7) is 1.15. The van der Waals surface area contributed by atoms with Crippen LogP contribution in [0, 0.1) is 0 Å². The average molecular weight is 342 g/mol. The van der Waals surface area contributed by atoms with Crippen molar-refractivity contribution >= 4 is 16.9 Å². The molecule has 128 valence electrons. The van der Waals surface area contributed by atoms with Crippen LogP contribution >= 0.6 is 0 Å². The van der Waals surface area contributed by atoms with Gasteiger partial charge in [0.15, 0.2) is 5.76 Å². The fourth-order valence-corrected chi connectivity index (χ4v) is 2.44. The third kappa shape index (κ3) is 2.99. The first-order valence-electron chi connectivity index (χ1n) is 7.26. The van der Waals surface area contributed by atoms with Gasteiger partial charge in [0.25, 0.3) is 0 Å². The van der Waals surface area contributed by atoms with Crippen molar-refractivity contribution in [3.8, 4) is 34.3 Å². The number of methoxy groups -OCH3 is 1. The second kappa shape index (κ2) is 6.20. The van der Waals surface area contributed by atoms with Crippen molar-refractivity contribution in [3.63, 3.8) is 0 Å². The van der Waals surface area contributed by atoms with Crippen molar-refractivity contribution in [1.82, 2.24) is 0 Å². The van der Waals surface area contributed by atoms with Crippen LogP contribution in [0.3, 0.4) is 0 Å². The Morgan fingerprint density at radius 3 is 2.40 bits per heavy atom. The molecule has 2 N–H and O–H groups in total. The van der Waals surface area contributed by atoms with Gasteiger partial charge in [0.1, 0.15) is 28.2 Å². The molecule has 0 unspecified atom stereocenters. The SMILES string of the molecule is COc1ccc(-c2oc3cc(O)cc(O)c3c(=O)c2OC(C)=O)cc1. The lowest BCUT2D eigenvalue weighted by Crippen LogP contribution is -2.13. The minimum atomic E-state index is -0.722. The molecule has 25 heavy (non-hydrogen) atoms. The first-order chi connectivity index (χ1) is 11.9. The predicted octanol–water partition coefficient (Wildman–Crippen LogP) is 2.81. The molecule has 1 heterocycles. The summed E-state index contributed by atoms with van der Waals surface area (Å²) < 4.78 is 15.8. The summed E-state index contributed by atoms with van der Waals surface area (Å²) in [5.74, 6) is -1.20. The fourth-order valence-electron chi connectivity index (χ4n) is 2.44. The second-order valence-corrected chi connectivity index (χ2v) is 5.25. The van der Waals surface area contributed by atoms with E-state index in [4.69, 9.17) is 13.9 Å². The Bertz CT molecular complexity index is 1020. The van der Waals surface area contributed by atoms with E-state index in [0.717, 1.165) is 13.0 Å². The van der Waals surface area contributed by atoms with E-state index < -0.39 is 17.1 Å². The summed E-state index contributed by atoms with van der Waals surface area (Å²) in [6, 6.07) is 8.75. The van der Waals surface area contributed by atoms with Gasteiger partial charge in [-0.1, -0.05) is 0 Å². The number of hydrogen-bond donors (Lipinski definition) is 2. The van der Waals surface area contributed by atoms with Gasteiger partial charge in [-0.2, -0.15) is 0 Å². The van der Waals surface area contributed by atoms with Crippen LogP contribution in [0.15, 0.2) is 45.6 Å². The maximum Gasteiger partial charge on any atom is 0.308 e. The van der Waals surface area contributed by atoms with Crippen molar-refractivity contribution in [2.75, 3.05) is 7.11 Å². The number of phenols is 2. The number of rotatable bonds is 3. The van der Waals surface area contributed by atoms with Crippen LogP contribution in [-0.2, 0) is 4.79 Å². The molecule has 0 aliphatic rings. The Morgan fingerprint density at radius 1 is 1.12 bits per heavy atom. The lowest BCUT2D eigenvalue weighted by Gasteiger charge is -2.11. The standard InChI is InChI=1S/C18H14O7/c1-9(19)24-18-16(22)15-13(21)7-11(20)8-14(15)25-17(18)10-3-5-12(23-2)6-4-10/h3-8,20-21H,1-2H3. The maximum absolute atomic E-state index is 12.7. The molecule has 0 spiro atoms. The van der Waals surface area contributed by atoms with Gasteiger partial charge >= 0.3 is 5.97 Å². The van der Waals surface area contributed by atoms with Gasteiger partial charge in [-0.3, -0.25) is 9.59 Å². The molecule has 3 aromatic rings. The Balaban J connectivity index is 2.34. The topological polar surface area (TPSA) is 106 Å². The summed E-state index contributed by atoms with van der Waals surface area (Å²) in [5, 5.41) is 19.4. The molecule has 0 bridgehead atoms. The van der Waals surface area contributed by atoms with Crippen LogP contribution < -0.4 is 14.9 Å². The van der Waals surface area contributed by atoms with Crippen LogP contribution in [0.5, 0.6) is 23.0 Å². The number of phenolic OH excluding ortho intramolecular Hbond substituents is 2. The Labute approximate surface area is 141 Å². The van der Waals surface area contributed by atoms with Crippen molar-refractivity contribution in [2.45, 2.75) is 6.92 Å². The van der Waals surface area contributed by atoms with Crippen LogP contribution in [-0.4, -0.2) is 23.3 Å². The molecule has 7 nitrogen and oxygen atoms in total. The highest BCUT2D eigenvalue weighted by molar-refractivity contribution is 5.89. The highest BCUT2D eigenvalue weighted by Crippen LogP contribution is 2.36. The zero-order chi connectivity index (χ0) is 18.1. The smallest absolute Gasteiger partial charge is 0.308 e. The molecule has 0 radical (unpaired) electrons. The molecule has 0 amide bonds. The summed E-state index contributed by atoms with van der Waals surface area (Å²) in [7, 11) is 1.51. The van der Waals surface area contributed by atoms with E-state index in [1.165, 1.54) is 13.2 Å². The highest BCUT2D eigenvalue weighted by Gasteiger charge is 2.21. The van der Waals surface area contributed by atoms with Crippen molar-refractivity contribution in [2.24, 2.45) is 0 Å². The van der Waals surface area contributed by atoms with Crippen LogP contribution in [0.4, 0.5) is 0 Å². The van der Waals surface area contributed by atoms with Gasteiger partial charge in [-0.15, -0.1) is 0 Å². The monoisotopic (exact) mass is 342 g/mol. The van der Waals surface area contributed by atoms with Crippen LogP contribution in [0.1, 0.15) is 6.92 Å². The second-order valence-electron chi connectivity index (χ2n) is 5.25. The highest BCUT2D eigenvalue weighted by atomic mass is 16.5. The minimum Gasteiger partial charge on any atom is -0.508 e. The quantitative estimate of drug-likeness (QED) is 0.705. The minimum absolute atomic E-state index is 0.000327. The Hall–Kier alpha value is -3.48. The van der Waals surface area contributed by atoms with Gasteiger partial charge in [0.2, 0.25) is 11.2 Å². The van der Waals surface area contributed by atoms with Gasteiger partial charge in [0.05, 0.1) is 7.11 Å². The lowest BCUT2D eigenvalue weighted by atomic mass is 10.1. The first-order valence-corrected chi connectivity index (χ1v) is 7.26. The maximum atomic E-state index is 12.7. The van der Waals surface area contributed by atoms with E-state index in [1.54, 1.807) is 24.3 Å². The molecule has 0 aliphatic heterocycles. The van der Waals surface area contributed by atoms with Gasteiger partial charge in [-0.25, -0.2) is 0 Å². The molecule has 0 atom stereocenters. The van der Waals surface area contributed by atoms with E-state index in [2.05, 4.69) is 0 Å². The summed E-state index contributed by atoms with van der Waals surface area (Å²) in [4.78, 5) is 24.1. The third-order valence-electron chi connectivity index (χ3n) is 3.52. The molecule has 0 saturated carbocycles. The molecular weight excluding hydrogens is 328 g/mol. The van der Waals surface area contributed by atoms with E-state index in [0.29, 0.717) is 11.3 Å². The predicted molar refractivity (Wildman–Crippen MR) is 89.1 cm³/mol. The van der Waals surface area contributed by atoms with Crippen molar-refractivity contribution < 1.29 is 28.9 Å². The molecule has 1 aromatic heterocycles. The summed E-state index contributed by atoms with van der Waals surface area (Å²) in [6.07, 6.45) is 0. The fraction of sp³-hybridized carbons (Fsp3) is 0.111. The lowest BCUT2D eigenvalue weighted by molar-refractivity contribution is -0.132. The molecule has 3 rings (SSSR count). The van der Waals surface area contributed by atoms with E-state index >= 15 is 0 Å². The summed E-state index contributed by atoms with van der Waals surface area (Å²) in [5.41, 5.74) is -0.303. The van der Waals surface area contributed by atoms with E-state index in [9.17, 15) is 19.8 Å². The number of esters is 1.